The third kappa shape index (κ3) is 11.3. The van der Waals surface area contributed by atoms with Crippen LogP contribution in [0.15, 0.2) is 29.3 Å². The molecule has 28 heavy (non-hydrogen) atoms. The van der Waals surface area contributed by atoms with E-state index in [-0.39, 0.29) is 49.1 Å². The predicted octanol–water partition coefficient (Wildman–Crippen LogP) is 1.44. The zero-order valence-electron chi connectivity index (χ0n) is 17.0. The van der Waals surface area contributed by atoms with Crippen molar-refractivity contribution < 1.29 is 19.4 Å². The fourth-order valence-corrected chi connectivity index (χ4v) is 2.19. The standard InChI is InChI=1S/C19H32N4O4.HI/c1-5-20-19(23-13-18(25)21-10-11-26-4)22-12-17(24)15-6-8-16(9-7-15)27-14(2)3;/h6-9,14,17,24H,5,10-13H2,1-4H3,(H,21,25)(H2,20,22,23);1H. The van der Waals surface area contributed by atoms with Crippen LogP contribution in [0.3, 0.4) is 0 Å². The lowest BCUT2D eigenvalue weighted by Gasteiger charge is -2.16. The highest BCUT2D eigenvalue weighted by molar-refractivity contribution is 14.0. The first-order valence-electron chi connectivity index (χ1n) is 9.18. The van der Waals surface area contributed by atoms with Gasteiger partial charge in [-0.15, -0.1) is 24.0 Å². The molecule has 0 spiro atoms. The molecule has 0 aromatic heterocycles. The number of hydrogen-bond acceptors (Lipinski definition) is 5. The molecule has 0 aliphatic rings. The van der Waals surface area contributed by atoms with Gasteiger partial charge in [-0.25, -0.2) is 4.99 Å². The second-order valence-electron chi connectivity index (χ2n) is 6.17. The van der Waals surface area contributed by atoms with Crippen molar-refractivity contribution >= 4 is 35.8 Å². The number of rotatable bonds is 11. The van der Waals surface area contributed by atoms with E-state index >= 15 is 0 Å². The summed E-state index contributed by atoms with van der Waals surface area (Å²) in [5, 5.41) is 19.1. The van der Waals surface area contributed by atoms with Crippen LogP contribution in [0.25, 0.3) is 0 Å². The molecular formula is C19H33IN4O4. The number of ether oxygens (including phenoxy) is 2. The summed E-state index contributed by atoms with van der Waals surface area (Å²) in [7, 11) is 1.58. The van der Waals surface area contributed by atoms with E-state index in [1.54, 1.807) is 7.11 Å². The molecule has 9 heteroatoms. The van der Waals surface area contributed by atoms with E-state index in [1.165, 1.54) is 0 Å². The van der Waals surface area contributed by atoms with Crippen LogP contribution < -0.4 is 20.7 Å². The summed E-state index contributed by atoms with van der Waals surface area (Å²) in [4.78, 5) is 15.9. The molecule has 4 N–H and O–H groups in total. The van der Waals surface area contributed by atoms with Crippen LogP contribution in [-0.2, 0) is 9.53 Å². The maximum Gasteiger partial charge on any atom is 0.241 e. The minimum absolute atomic E-state index is 0. The van der Waals surface area contributed by atoms with E-state index in [0.29, 0.717) is 25.7 Å². The molecule has 1 atom stereocenters. The molecular weight excluding hydrogens is 475 g/mol. The maximum atomic E-state index is 11.7. The monoisotopic (exact) mass is 508 g/mol. The topological polar surface area (TPSA) is 104 Å². The van der Waals surface area contributed by atoms with Crippen molar-refractivity contribution in [2.45, 2.75) is 33.0 Å². The Hall–Kier alpha value is -1.59. The quantitative estimate of drug-likeness (QED) is 0.156. The van der Waals surface area contributed by atoms with Crippen molar-refractivity contribution in [3.8, 4) is 5.75 Å². The summed E-state index contributed by atoms with van der Waals surface area (Å²) in [6.07, 6.45) is -0.606. The number of aliphatic imine (C=N–C) groups is 1. The van der Waals surface area contributed by atoms with Gasteiger partial charge < -0.3 is 30.5 Å². The number of nitrogens with one attached hydrogen (secondary N) is 3. The zero-order valence-corrected chi connectivity index (χ0v) is 19.4. The number of aliphatic hydroxyl groups is 1. The molecule has 0 saturated carbocycles. The van der Waals surface area contributed by atoms with Gasteiger partial charge in [0, 0.05) is 26.7 Å². The normalized spacial score (nSPS) is 12.1. The molecule has 1 aromatic rings. The summed E-state index contributed by atoms with van der Waals surface area (Å²) < 4.78 is 10.5. The molecule has 0 aliphatic carbocycles. The van der Waals surface area contributed by atoms with Crippen LogP contribution >= 0.6 is 24.0 Å². The van der Waals surface area contributed by atoms with E-state index in [9.17, 15) is 9.90 Å². The van der Waals surface area contributed by atoms with E-state index < -0.39 is 6.10 Å². The molecule has 0 aliphatic heterocycles. The number of hydrogen-bond donors (Lipinski definition) is 4. The van der Waals surface area contributed by atoms with Crippen LogP contribution in [0, 0.1) is 0 Å². The van der Waals surface area contributed by atoms with Crippen LogP contribution in [0.4, 0.5) is 0 Å². The van der Waals surface area contributed by atoms with Gasteiger partial charge in [0.25, 0.3) is 0 Å². The minimum Gasteiger partial charge on any atom is -0.491 e. The van der Waals surface area contributed by atoms with Crippen molar-refractivity contribution in [1.82, 2.24) is 16.0 Å². The third-order valence-electron chi connectivity index (χ3n) is 3.45. The second-order valence-corrected chi connectivity index (χ2v) is 6.17. The number of halogens is 1. The first-order chi connectivity index (χ1) is 13.0. The Morgan fingerprint density at radius 3 is 2.43 bits per heavy atom. The number of carbonyl (C=O) groups is 1. The van der Waals surface area contributed by atoms with E-state index in [1.807, 2.05) is 45.0 Å². The first-order valence-corrected chi connectivity index (χ1v) is 9.18. The number of carbonyl (C=O) groups excluding carboxylic acids is 1. The van der Waals surface area contributed by atoms with Gasteiger partial charge in [0.1, 0.15) is 12.3 Å². The van der Waals surface area contributed by atoms with Gasteiger partial charge in [0.05, 0.1) is 18.8 Å². The first kappa shape index (κ1) is 26.4. The van der Waals surface area contributed by atoms with Crippen molar-refractivity contribution in [2.24, 2.45) is 4.99 Å². The van der Waals surface area contributed by atoms with Gasteiger partial charge in [0.2, 0.25) is 5.91 Å². The Balaban J connectivity index is 0.00000729. The molecule has 1 aromatic carbocycles. The van der Waals surface area contributed by atoms with E-state index in [4.69, 9.17) is 9.47 Å². The molecule has 0 heterocycles. The number of amides is 1. The largest absolute Gasteiger partial charge is 0.491 e. The molecule has 1 unspecified atom stereocenters. The summed E-state index contributed by atoms with van der Waals surface area (Å²) in [5.74, 6) is 1.05. The molecule has 8 nitrogen and oxygen atoms in total. The fraction of sp³-hybridized carbons (Fsp3) is 0.579. The van der Waals surface area contributed by atoms with Gasteiger partial charge in [0.15, 0.2) is 5.96 Å². The predicted molar refractivity (Wildman–Crippen MR) is 121 cm³/mol. The van der Waals surface area contributed by atoms with Crippen LogP contribution in [0.5, 0.6) is 5.75 Å². The maximum absolute atomic E-state index is 11.7. The summed E-state index contributed by atoms with van der Waals surface area (Å²) in [6, 6.07) is 7.33. The number of aliphatic hydroxyl groups excluding tert-OH is 1. The van der Waals surface area contributed by atoms with E-state index in [0.717, 1.165) is 11.3 Å². The van der Waals surface area contributed by atoms with Crippen molar-refractivity contribution in [2.75, 3.05) is 39.9 Å². The second kappa shape index (κ2) is 15.3. The molecule has 0 fully saturated rings. The van der Waals surface area contributed by atoms with Gasteiger partial charge >= 0.3 is 0 Å². The highest BCUT2D eigenvalue weighted by Gasteiger charge is 2.09. The highest BCUT2D eigenvalue weighted by Crippen LogP contribution is 2.18. The van der Waals surface area contributed by atoms with E-state index in [2.05, 4.69) is 20.9 Å². The van der Waals surface area contributed by atoms with Crippen LogP contribution in [0.2, 0.25) is 0 Å². The lowest BCUT2D eigenvalue weighted by molar-refractivity contribution is -0.119. The van der Waals surface area contributed by atoms with Crippen molar-refractivity contribution in [3.63, 3.8) is 0 Å². The lowest BCUT2D eigenvalue weighted by atomic mass is 10.1. The summed E-state index contributed by atoms with van der Waals surface area (Å²) in [5.41, 5.74) is 0.770. The number of guanidine groups is 1. The average Bonchev–Trinajstić information content (AvgIpc) is 2.64. The van der Waals surface area contributed by atoms with Crippen LogP contribution in [0.1, 0.15) is 32.4 Å². The molecule has 0 radical (unpaired) electrons. The number of nitrogens with zero attached hydrogens (tertiary/aromatic N) is 1. The molecule has 0 saturated heterocycles. The Labute approximate surface area is 184 Å². The lowest BCUT2D eigenvalue weighted by Crippen LogP contribution is -2.40. The summed E-state index contributed by atoms with van der Waals surface area (Å²) >= 11 is 0. The van der Waals surface area contributed by atoms with Crippen molar-refractivity contribution in [1.29, 1.82) is 0 Å². The van der Waals surface area contributed by atoms with Gasteiger partial charge in [-0.1, -0.05) is 12.1 Å². The minimum atomic E-state index is -0.711. The summed E-state index contributed by atoms with van der Waals surface area (Å²) in [6.45, 7) is 7.68. The van der Waals surface area contributed by atoms with Gasteiger partial charge in [-0.05, 0) is 38.5 Å². The van der Waals surface area contributed by atoms with Gasteiger partial charge in [-0.2, -0.15) is 0 Å². The SMILES string of the molecule is CCNC(=NCC(=O)NCCOC)NCC(O)c1ccc(OC(C)C)cc1.I. The smallest absolute Gasteiger partial charge is 0.241 e. The average molecular weight is 508 g/mol. The molecule has 160 valence electrons. The molecule has 1 amide bonds. The number of benzene rings is 1. The third-order valence-corrected chi connectivity index (χ3v) is 3.45. The molecule has 1 rings (SSSR count). The fourth-order valence-electron chi connectivity index (χ4n) is 2.19. The molecule has 0 bridgehead atoms. The zero-order chi connectivity index (χ0) is 20.1. The van der Waals surface area contributed by atoms with Crippen LogP contribution in [-0.4, -0.2) is 63.0 Å². The number of methoxy groups -OCH3 is 1. The Morgan fingerprint density at radius 1 is 1.18 bits per heavy atom. The van der Waals surface area contributed by atoms with Crippen molar-refractivity contribution in [3.05, 3.63) is 29.8 Å². The Bertz CT molecular complexity index is 582. The highest BCUT2D eigenvalue weighted by atomic mass is 127. The Kier molecular flexibility index (Phi) is 14.5. The van der Waals surface area contributed by atoms with Gasteiger partial charge in [-0.3, -0.25) is 4.79 Å². The Morgan fingerprint density at radius 2 is 1.86 bits per heavy atom.